The topological polar surface area (TPSA) is 80.3 Å². The summed E-state index contributed by atoms with van der Waals surface area (Å²) in [5.74, 6) is 0.772. The second kappa shape index (κ2) is 9.11. The van der Waals surface area contributed by atoms with E-state index in [1.54, 1.807) is 6.07 Å². The van der Waals surface area contributed by atoms with Crippen molar-refractivity contribution in [1.82, 2.24) is 10.3 Å². The van der Waals surface area contributed by atoms with Gasteiger partial charge >= 0.3 is 0 Å². The molecule has 2 N–H and O–H groups in total. The highest BCUT2D eigenvalue weighted by atomic mass is 32.1. The Morgan fingerprint density at radius 3 is 2.68 bits per heavy atom. The van der Waals surface area contributed by atoms with Crippen molar-refractivity contribution >= 4 is 51.0 Å². The predicted molar refractivity (Wildman–Crippen MR) is 138 cm³/mol. The number of thiocarbonyl (C=S) groups is 1. The maximum atomic E-state index is 12.5. The molecule has 0 unspecified atom stereocenters. The molecule has 3 aromatic carbocycles. The van der Waals surface area contributed by atoms with E-state index in [0.717, 1.165) is 28.5 Å². The predicted octanol–water partition coefficient (Wildman–Crippen LogP) is 6.88. The first-order valence-corrected chi connectivity index (χ1v) is 11.5. The van der Waals surface area contributed by atoms with Crippen molar-refractivity contribution < 1.29 is 13.6 Å². The second-order valence-corrected chi connectivity index (χ2v) is 8.60. The molecule has 0 fully saturated rings. The fraction of sp³-hybridized carbons (Fsp3) is 0.148. The van der Waals surface area contributed by atoms with Gasteiger partial charge in [-0.3, -0.25) is 10.1 Å². The van der Waals surface area contributed by atoms with Crippen molar-refractivity contribution in [1.29, 1.82) is 0 Å². The molecule has 1 atom stereocenters. The summed E-state index contributed by atoms with van der Waals surface area (Å²) in [6.45, 7) is 4.37. The van der Waals surface area contributed by atoms with E-state index in [0.29, 0.717) is 23.1 Å². The lowest BCUT2D eigenvalue weighted by Crippen LogP contribution is -2.33. The summed E-state index contributed by atoms with van der Waals surface area (Å²) < 4.78 is 11.6. The van der Waals surface area contributed by atoms with Gasteiger partial charge in [-0.05, 0) is 72.6 Å². The lowest BCUT2D eigenvalue weighted by molar-refractivity contribution is 0.0953. The van der Waals surface area contributed by atoms with Gasteiger partial charge in [0.05, 0.1) is 0 Å². The van der Waals surface area contributed by atoms with E-state index in [2.05, 4.69) is 41.6 Å². The molecule has 7 heteroatoms. The number of carbonyl (C=O) groups is 1. The lowest BCUT2D eigenvalue weighted by Gasteiger charge is -2.09. The van der Waals surface area contributed by atoms with Crippen molar-refractivity contribution in [2.75, 3.05) is 5.32 Å². The SMILES string of the molecule is CC[C@H](C)c1ccc2oc(-c3cccc(NC(=S)NC(=O)c4cc5ccccc5o4)c3)nc2c1. The number of nitrogens with zero attached hydrogens (tertiary/aromatic N) is 1. The van der Waals surface area contributed by atoms with E-state index < -0.39 is 5.91 Å². The summed E-state index contributed by atoms with van der Waals surface area (Å²) >= 11 is 5.33. The third-order valence-electron chi connectivity index (χ3n) is 5.84. The largest absolute Gasteiger partial charge is 0.451 e. The van der Waals surface area contributed by atoms with Gasteiger partial charge in [0.15, 0.2) is 16.5 Å². The van der Waals surface area contributed by atoms with E-state index in [1.807, 2.05) is 54.6 Å². The molecule has 2 heterocycles. The molecule has 170 valence electrons. The number of furan rings is 1. The van der Waals surface area contributed by atoms with E-state index in [4.69, 9.17) is 21.1 Å². The number of para-hydroxylation sites is 1. The van der Waals surface area contributed by atoms with Crippen LogP contribution in [0.15, 0.2) is 81.6 Å². The van der Waals surface area contributed by atoms with Crippen LogP contribution in [0.2, 0.25) is 0 Å². The highest BCUT2D eigenvalue weighted by Gasteiger charge is 2.15. The van der Waals surface area contributed by atoms with Crippen LogP contribution in [0.1, 0.15) is 42.3 Å². The number of hydrogen-bond donors (Lipinski definition) is 2. The zero-order valence-electron chi connectivity index (χ0n) is 18.8. The van der Waals surface area contributed by atoms with Crippen molar-refractivity contribution in [3.8, 4) is 11.5 Å². The van der Waals surface area contributed by atoms with E-state index in [9.17, 15) is 4.79 Å². The van der Waals surface area contributed by atoms with Gasteiger partial charge in [0.25, 0.3) is 5.91 Å². The molecule has 0 aliphatic rings. The first-order valence-electron chi connectivity index (χ1n) is 11.1. The molecular formula is C27H23N3O3S. The van der Waals surface area contributed by atoms with Crippen LogP contribution in [0, 0.1) is 0 Å². The molecule has 34 heavy (non-hydrogen) atoms. The summed E-state index contributed by atoms with van der Waals surface area (Å²) in [4.78, 5) is 17.2. The van der Waals surface area contributed by atoms with Crippen molar-refractivity contribution in [2.45, 2.75) is 26.2 Å². The normalized spacial score (nSPS) is 12.1. The number of oxazole rings is 1. The van der Waals surface area contributed by atoms with Crippen LogP contribution in [-0.2, 0) is 0 Å². The van der Waals surface area contributed by atoms with Crippen LogP contribution in [0.25, 0.3) is 33.5 Å². The molecule has 0 saturated heterocycles. The molecule has 0 bridgehead atoms. The Morgan fingerprint density at radius 1 is 1.00 bits per heavy atom. The van der Waals surface area contributed by atoms with Crippen molar-refractivity contribution in [3.63, 3.8) is 0 Å². The number of benzene rings is 3. The van der Waals surface area contributed by atoms with Crippen molar-refractivity contribution in [2.24, 2.45) is 0 Å². The summed E-state index contributed by atoms with van der Waals surface area (Å²) in [5.41, 5.74) is 4.98. The lowest BCUT2D eigenvalue weighted by atomic mass is 9.98. The Labute approximate surface area is 202 Å². The number of aromatic nitrogens is 1. The standard InChI is InChI=1S/C27H23N3O3S/c1-3-16(2)17-11-12-23-21(14-17)29-26(33-23)19-8-6-9-20(13-19)28-27(34)30-25(31)24-15-18-7-4-5-10-22(18)32-24/h4-16H,3H2,1-2H3,(H2,28,30,31,34)/t16-/m0/s1. The third-order valence-corrected chi connectivity index (χ3v) is 6.04. The number of carbonyl (C=O) groups excluding carboxylic acids is 1. The number of hydrogen-bond acceptors (Lipinski definition) is 5. The highest BCUT2D eigenvalue weighted by Crippen LogP contribution is 2.29. The zero-order valence-corrected chi connectivity index (χ0v) is 19.6. The van der Waals surface area contributed by atoms with Crippen LogP contribution in [0.5, 0.6) is 0 Å². The van der Waals surface area contributed by atoms with Gasteiger partial charge in [-0.15, -0.1) is 0 Å². The number of amides is 1. The Morgan fingerprint density at radius 2 is 1.85 bits per heavy atom. The number of rotatable bonds is 5. The molecule has 6 nitrogen and oxygen atoms in total. The minimum absolute atomic E-state index is 0.165. The fourth-order valence-corrected chi connectivity index (χ4v) is 3.97. The molecule has 5 rings (SSSR count). The van der Waals surface area contributed by atoms with E-state index >= 15 is 0 Å². The highest BCUT2D eigenvalue weighted by molar-refractivity contribution is 7.80. The van der Waals surface area contributed by atoms with Crippen LogP contribution >= 0.6 is 12.2 Å². The van der Waals surface area contributed by atoms with Gasteiger partial charge in [-0.1, -0.05) is 44.2 Å². The molecule has 0 radical (unpaired) electrons. The minimum Gasteiger partial charge on any atom is -0.451 e. The van der Waals surface area contributed by atoms with Crippen LogP contribution in [0.4, 0.5) is 5.69 Å². The summed E-state index contributed by atoms with van der Waals surface area (Å²) in [5, 5.41) is 6.72. The number of anilines is 1. The molecular weight excluding hydrogens is 446 g/mol. The van der Waals surface area contributed by atoms with Gasteiger partial charge in [0.1, 0.15) is 11.1 Å². The monoisotopic (exact) mass is 469 g/mol. The third kappa shape index (κ3) is 4.43. The molecule has 0 aliphatic carbocycles. The summed E-state index contributed by atoms with van der Waals surface area (Å²) in [6, 6.07) is 22.8. The Hall–Kier alpha value is -3.97. The molecule has 0 saturated carbocycles. The average Bonchev–Trinajstić information content (AvgIpc) is 3.47. The molecule has 0 spiro atoms. The molecule has 2 aromatic heterocycles. The average molecular weight is 470 g/mol. The van der Waals surface area contributed by atoms with Gasteiger partial charge in [-0.25, -0.2) is 4.98 Å². The summed E-state index contributed by atoms with van der Waals surface area (Å²) in [6.07, 6.45) is 1.07. The fourth-order valence-electron chi connectivity index (χ4n) is 3.76. The number of nitrogens with one attached hydrogen (secondary N) is 2. The van der Waals surface area contributed by atoms with Crippen LogP contribution in [0.3, 0.4) is 0 Å². The Balaban J connectivity index is 1.30. The van der Waals surface area contributed by atoms with Gasteiger partial charge in [-0.2, -0.15) is 0 Å². The molecule has 1 amide bonds. The summed E-state index contributed by atoms with van der Waals surface area (Å²) in [7, 11) is 0. The van der Waals surface area contributed by atoms with E-state index in [1.165, 1.54) is 5.56 Å². The maximum absolute atomic E-state index is 12.5. The smallest absolute Gasteiger partial charge is 0.293 e. The van der Waals surface area contributed by atoms with E-state index in [-0.39, 0.29) is 10.9 Å². The number of fused-ring (bicyclic) bond motifs is 2. The van der Waals surface area contributed by atoms with Crippen LogP contribution < -0.4 is 10.6 Å². The van der Waals surface area contributed by atoms with Gasteiger partial charge in [0, 0.05) is 16.6 Å². The zero-order chi connectivity index (χ0) is 23.7. The van der Waals surface area contributed by atoms with Crippen LogP contribution in [-0.4, -0.2) is 16.0 Å². The molecule has 5 aromatic rings. The van der Waals surface area contributed by atoms with Crippen molar-refractivity contribution in [3.05, 3.63) is 84.1 Å². The Kier molecular flexibility index (Phi) is 5.86. The Bertz CT molecular complexity index is 1490. The first-order chi connectivity index (χ1) is 16.5. The first kappa shape index (κ1) is 21.9. The minimum atomic E-state index is -0.416. The van der Waals surface area contributed by atoms with Gasteiger partial charge in [0.2, 0.25) is 5.89 Å². The molecule has 0 aliphatic heterocycles. The quantitative estimate of drug-likeness (QED) is 0.273. The second-order valence-electron chi connectivity index (χ2n) is 8.19. The van der Waals surface area contributed by atoms with Gasteiger partial charge < -0.3 is 14.2 Å². The maximum Gasteiger partial charge on any atom is 0.293 e.